The summed E-state index contributed by atoms with van der Waals surface area (Å²) in [5.74, 6) is -1.87. The van der Waals surface area contributed by atoms with E-state index in [-0.39, 0.29) is 29.1 Å². The fourth-order valence-electron chi connectivity index (χ4n) is 5.54. The van der Waals surface area contributed by atoms with Crippen LogP contribution in [0.5, 0.6) is 0 Å². The first-order valence-corrected chi connectivity index (χ1v) is 15.0. The molecular formula is C36H33N3O8. The van der Waals surface area contributed by atoms with Crippen LogP contribution in [-0.4, -0.2) is 52.3 Å². The Balaban J connectivity index is 1.41. The summed E-state index contributed by atoms with van der Waals surface area (Å²) in [6.45, 7) is 6.97. The molecule has 11 nitrogen and oxygen atoms in total. The SMILES string of the molecule is Cc1ccc(C(=O)OCC2O[C@@H](c3coc4c(N)ncnc34)[C@](C)(OC(=O)c3ccc(C)cc3)[C@@H]2OC(=O)c2ccc(C)cc2)cc1. The fraction of sp³-hybridized carbons (Fsp3) is 0.250. The van der Waals surface area contributed by atoms with Crippen molar-refractivity contribution in [2.75, 3.05) is 12.3 Å². The topological polar surface area (TPSA) is 153 Å². The van der Waals surface area contributed by atoms with Crippen molar-refractivity contribution in [3.8, 4) is 0 Å². The second kappa shape index (κ2) is 12.7. The van der Waals surface area contributed by atoms with Crippen LogP contribution in [0, 0.1) is 20.8 Å². The number of carbonyl (C=O) groups is 3. The molecule has 47 heavy (non-hydrogen) atoms. The number of hydrogen-bond acceptors (Lipinski definition) is 11. The molecule has 0 radical (unpaired) electrons. The standard InChI is InChI=1S/C36H33N3O8/c1-20-5-11-23(12-6-20)33(40)44-18-27-31(46-34(41)24-13-7-21(2)8-14-24)36(4,47-35(42)25-15-9-22(3)10-16-25)30(45-27)26-17-43-29-28(26)38-19-39-32(29)37/h5-17,19,27,30-31H,18H2,1-4H3,(H2,37,38,39)/t27?,30-,31+,36-/m0/s1. The second-order valence-corrected chi connectivity index (χ2v) is 11.8. The maximum absolute atomic E-state index is 13.7. The molecule has 240 valence electrons. The number of anilines is 1. The summed E-state index contributed by atoms with van der Waals surface area (Å²) in [5, 5.41) is 0. The van der Waals surface area contributed by atoms with Crippen LogP contribution >= 0.6 is 0 Å². The van der Waals surface area contributed by atoms with Crippen molar-refractivity contribution in [1.29, 1.82) is 0 Å². The van der Waals surface area contributed by atoms with Crippen molar-refractivity contribution in [3.63, 3.8) is 0 Å². The van der Waals surface area contributed by atoms with E-state index in [1.807, 2.05) is 20.8 Å². The van der Waals surface area contributed by atoms with Gasteiger partial charge >= 0.3 is 17.9 Å². The summed E-state index contributed by atoms with van der Waals surface area (Å²) < 4.78 is 30.3. The molecule has 4 atom stereocenters. The van der Waals surface area contributed by atoms with E-state index >= 15 is 0 Å². The van der Waals surface area contributed by atoms with Crippen molar-refractivity contribution in [2.45, 2.75) is 51.6 Å². The minimum absolute atomic E-state index is 0.100. The van der Waals surface area contributed by atoms with Crippen LogP contribution in [0.1, 0.15) is 66.4 Å². The van der Waals surface area contributed by atoms with Gasteiger partial charge in [-0.2, -0.15) is 0 Å². The smallest absolute Gasteiger partial charge is 0.338 e. The van der Waals surface area contributed by atoms with Crippen molar-refractivity contribution in [3.05, 3.63) is 124 Å². The minimum atomic E-state index is -1.68. The van der Waals surface area contributed by atoms with Crippen molar-refractivity contribution in [2.24, 2.45) is 0 Å². The molecule has 11 heteroatoms. The second-order valence-electron chi connectivity index (χ2n) is 11.8. The Hall–Kier alpha value is -5.55. The molecule has 0 aliphatic carbocycles. The van der Waals surface area contributed by atoms with E-state index in [0.29, 0.717) is 16.6 Å². The largest absolute Gasteiger partial charge is 0.459 e. The third-order valence-corrected chi connectivity index (χ3v) is 8.21. The van der Waals surface area contributed by atoms with Crippen LogP contribution in [0.15, 0.2) is 89.8 Å². The van der Waals surface area contributed by atoms with E-state index in [1.54, 1.807) is 79.7 Å². The number of carbonyl (C=O) groups excluding carboxylic acids is 3. The molecule has 1 aliphatic rings. The number of furan rings is 1. The zero-order valence-corrected chi connectivity index (χ0v) is 26.3. The highest BCUT2D eigenvalue weighted by molar-refractivity contribution is 5.91. The zero-order valence-electron chi connectivity index (χ0n) is 26.3. The highest BCUT2D eigenvalue weighted by Gasteiger charge is 2.60. The van der Waals surface area contributed by atoms with Gasteiger partial charge in [-0.15, -0.1) is 0 Å². The number of nitrogens with two attached hydrogens (primary N) is 1. The number of fused-ring (bicyclic) bond motifs is 1. The molecule has 0 amide bonds. The number of ether oxygens (including phenoxy) is 4. The summed E-state index contributed by atoms with van der Waals surface area (Å²) in [5.41, 5.74) is 9.04. The first-order valence-electron chi connectivity index (χ1n) is 15.0. The predicted octanol–water partition coefficient (Wildman–Crippen LogP) is 5.87. The molecule has 2 aromatic heterocycles. The molecule has 1 saturated heterocycles. The molecule has 3 heterocycles. The van der Waals surface area contributed by atoms with Crippen LogP contribution < -0.4 is 5.73 Å². The van der Waals surface area contributed by atoms with Crippen LogP contribution in [0.2, 0.25) is 0 Å². The van der Waals surface area contributed by atoms with Crippen LogP contribution in [0.25, 0.3) is 11.1 Å². The summed E-state index contributed by atoms with van der Waals surface area (Å²) >= 11 is 0. The van der Waals surface area contributed by atoms with Gasteiger partial charge in [0.2, 0.25) is 0 Å². The van der Waals surface area contributed by atoms with E-state index < -0.39 is 41.8 Å². The van der Waals surface area contributed by atoms with Gasteiger partial charge in [0, 0.05) is 5.56 Å². The first-order chi connectivity index (χ1) is 22.5. The average Bonchev–Trinajstić information content (AvgIpc) is 3.60. The predicted molar refractivity (Wildman–Crippen MR) is 171 cm³/mol. The Morgan fingerprint density at radius 1 is 0.787 bits per heavy atom. The Labute approximate surface area is 270 Å². The number of esters is 3. The lowest BCUT2D eigenvalue weighted by molar-refractivity contribution is -0.0887. The molecule has 1 unspecified atom stereocenters. The number of nitrogen functional groups attached to an aromatic ring is 1. The molecule has 0 bridgehead atoms. The third-order valence-electron chi connectivity index (χ3n) is 8.21. The maximum Gasteiger partial charge on any atom is 0.338 e. The summed E-state index contributed by atoms with van der Waals surface area (Å²) in [6.07, 6.45) is -0.782. The zero-order chi connectivity index (χ0) is 33.3. The molecule has 0 saturated carbocycles. The van der Waals surface area contributed by atoms with Crippen molar-refractivity contribution < 1.29 is 37.7 Å². The third kappa shape index (κ3) is 6.30. The lowest BCUT2D eigenvalue weighted by Gasteiger charge is -2.34. The summed E-state index contributed by atoms with van der Waals surface area (Å²) in [7, 11) is 0. The fourth-order valence-corrected chi connectivity index (χ4v) is 5.54. The van der Waals surface area contributed by atoms with E-state index in [0.717, 1.165) is 16.7 Å². The number of benzene rings is 3. The maximum atomic E-state index is 13.7. The normalized spacial score (nSPS) is 20.6. The van der Waals surface area contributed by atoms with Gasteiger partial charge in [-0.05, 0) is 64.1 Å². The molecule has 6 rings (SSSR count). The Morgan fingerprint density at radius 3 is 1.89 bits per heavy atom. The van der Waals surface area contributed by atoms with Crippen LogP contribution in [-0.2, 0) is 18.9 Å². The Morgan fingerprint density at radius 2 is 1.32 bits per heavy atom. The van der Waals surface area contributed by atoms with Crippen molar-refractivity contribution >= 4 is 34.8 Å². The Bertz CT molecular complexity index is 1940. The number of rotatable bonds is 8. The molecule has 1 fully saturated rings. The van der Waals surface area contributed by atoms with E-state index in [4.69, 9.17) is 29.1 Å². The van der Waals surface area contributed by atoms with Gasteiger partial charge in [-0.3, -0.25) is 0 Å². The van der Waals surface area contributed by atoms with E-state index in [2.05, 4.69) is 9.97 Å². The lowest BCUT2D eigenvalue weighted by Crippen LogP contribution is -2.49. The average molecular weight is 636 g/mol. The monoisotopic (exact) mass is 635 g/mol. The summed E-state index contributed by atoms with van der Waals surface area (Å²) in [6, 6.07) is 20.6. The van der Waals surface area contributed by atoms with Gasteiger partial charge in [-0.25, -0.2) is 24.4 Å². The lowest BCUT2D eigenvalue weighted by atomic mass is 9.88. The molecule has 5 aromatic rings. The first kappa shape index (κ1) is 31.4. The number of aryl methyl sites for hydroxylation is 3. The molecule has 3 aromatic carbocycles. The molecular weight excluding hydrogens is 602 g/mol. The molecule has 2 N–H and O–H groups in total. The van der Waals surface area contributed by atoms with E-state index in [1.165, 1.54) is 12.6 Å². The van der Waals surface area contributed by atoms with E-state index in [9.17, 15) is 14.4 Å². The highest BCUT2D eigenvalue weighted by Crippen LogP contribution is 2.48. The minimum Gasteiger partial charge on any atom is -0.459 e. The molecule has 1 aliphatic heterocycles. The van der Waals surface area contributed by atoms with Gasteiger partial charge < -0.3 is 29.1 Å². The van der Waals surface area contributed by atoms with Gasteiger partial charge in [-0.1, -0.05) is 53.1 Å². The van der Waals surface area contributed by atoms with Crippen LogP contribution in [0.3, 0.4) is 0 Å². The quantitative estimate of drug-likeness (QED) is 0.161. The summed E-state index contributed by atoms with van der Waals surface area (Å²) in [4.78, 5) is 48.7. The van der Waals surface area contributed by atoms with Gasteiger partial charge in [0.05, 0.1) is 23.0 Å². The van der Waals surface area contributed by atoms with Gasteiger partial charge in [0.1, 0.15) is 30.7 Å². The Kier molecular flexibility index (Phi) is 8.48. The van der Waals surface area contributed by atoms with Crippen molar-refractivity contribution in [1.82, 2.24) is 9.97 Å². The molecule has 0 spiro atoms. The number of aromatic nitrogens is 2. The number of nitrogens with zero attached hydrogens (tertiary/aromatic N) is 2. The number of hydrogen-bond donors (Lipinski definition) is 1. The van der Waals surface area contributed by atoms with Gasteiger partial charge in [0.15, 0.2) is 23.1 Å². The highest BCUT2D eigenvalue weighted by atomic mass is 16.7. The van der Waals surface area contributed by atoms with Crippen LogP contribution in [0.4, 0.5) is 5.82 Å². The van der Waals surface area contributed by atoms with Gasteiger partial charge in [0.25, 0.3) is 0 Å².